The Morgan fingerprint density at radius 1 is 1.59 bits per heavy atom. The molecule has 1 unspecified atom stereocenters. The lowest BCUT2D eigenvalue weighted by Crippen LogP contribution is -2.37. The number of benzene rings is 1. The lowest BCUT2D eigenvalue weighted by atomic mass is 10.0. The van der Waals surface area contributed by atoms with Gasteiger partial charge in [0.25, 0.3) is 0 Å². The van der Waals surface area contributed by atoms with Crippen molar-refractivity contribution in [2.45, 2.75) is 25.8 Å². The van der Waals surface area contributed by atoms with Gasteiger partial charge in [-0.3, -0.25) is 4.79 Å². The fourth-order valence-corrected chi connectivity index (χ4v) is 1.88. The minimum absolute atomic E-state index is 0.0169. The van der Waals surface area contributed by atoms with Gasteiger partial charge in [-0.15, -0.1) is 0 Å². The van der Waals surface area contributed by atoms with Crippen LogP contribution in [0.25, 0.3) is 0 Å². The zero-order valence-corrected chi connectivity index (χ0v) is 9.87. The number of hydrogen-bond donors (Lipinski definition) is 2. The van der Waals surface area contributed by atoms with Crippen LogP contribution in [0.1, 0.15) is 31.4 Å². The Balaban J connectivity index is 2.02. The van der Waals surface area contributed by atoms with Gasteiger partial charge < -0.3 is 11.1 Å². The van der Waals surface area contributed by atoms with Crippen molar-refractivity contribution in [3.05, 3.63) is 35.6 Å². The van der Waals surface area contributed by atoms with Crippen LogP contribution in [0, 0.1) is 11.2 Å². The van der Waals surface area contributed by atoms with Gasteiger partial charge in [-0.1, -0.05) is 12.1 Å². The van der Waals surface area contributed by atoms with Crippen molar-refractivity contribution < 1.29 is 9.18 Å². The molecule has 2 rings (SSSR count). The summed E-state index contributed by atoms with van der Waals surface area (Å²) in [5, 5.41) is 2.89. The summed E-state index contributed by atoms with van der Waals surface area (Å²) in [5.41, 5.74) is 6.00. The molecule has 3 N–H and O–H groups in total. The van der Waals surface area contributed by atoms with Crippen molar-refractivity contribution in [3.8, 4) is 0 Å². The molecule has 0 aromatic heterocycles. The van der Waals surface area contributed by atoms with Crippen LogP contribution >= 0.6 is 0 Å². The summed E-state index contributed by atoms with van der Waals surface area (Å²) in [6, 6.07) is 6.08. The normalized spacial score (nSPS) is 18.5. The first-order chi connectivity index (χ1) is 8.07. The highest BCUT2D eigenvalue weighted by atomic mass is 19.1. The maximum absolute atomic E-state index is 13.0. The highest BCUT2D eigenvalue weighted by Gasteiger charge is 2.48. The van der Waals surface area contributed by atoms with E-state index in [2.05, 4.69) is 5.32 Å². The van der Waals surface area contributed by atoms with Gasteiger partial charge in [-0.25, -0.2) is 4.39 Å². The van der Waals surface area contributed by atoms with Crippen molar-refractivity contribution in [1.82, 2.24) is 5.32 Å². The Hall–Kier alpha value is -1.42. The Morgan fingerprint density at radius 3 is 2.82 bits per heavy atom. The molecule has 1 aliphatic rings. The highest BCUT2D eigenvalue weighted by molar-refractivity contribution is 5.85. The van der Waals surface area contributed by atoms with Gasteiger partial charge in [0, 0.05) is 6.54 Å². The Labute approximate surface area is 100 Å². The second-order valence-corrected chi connectivity index (χ2v) is 4.73. The number of halogens is 1. The maximum atomic E-state index is 13.0. The molecule has 0 saturated heterocycles. The Bertz CT molecular complexity index is 429. The Kier molecular flexibility index (Phi) is 3.15. The van der Waals surface area contributed by atoms with Crippen LogP contribution in [0.4, 0.5) is 4.39 Å². The molecule has 0 aliphatic heterocycles. The number of nitrogens with one attached hydrogen (secondary N) is 1. The fraction of sp³-hybridized carbons (Fsp3) is 0.462. The minimum Gasteiger partial charge on any atom is -0.349 e. The first-order valence-electron chi connectivity index (χ1n) is 5.84. The van der Waals surface area contributed by atoms with E-state index in [4.69, 9.17) is 5.73 Å². The number of nitrogens with two attached hydrogens (primary N) is 1. The topological polar surface area (TPSA) is 55.1 Å². The summed E-state index contributed by atoms with van der Waals surface area (Å²) in [7, 11) is 0. The predicted molar refractivity (Wildman–Crippen MR) is 63.7 cm³/mol. The van der Waals surface area contributed by atoms with Gasteiger partial charge in [-0.05, 0) is 37.5 Å². The van der Waals surface area contributed by atoms with Crippen molar-refractivity contribution >= 4 is 5.91 Å². The second kappa shape index (κ2) is 4.45. The molecule has 0 spiro atoms. The molecule has 4 heteroatoms. The van der Waals surface area contributed by atoms with Crippen LogP contribution < -0.4 is 11.1 Å². The van der Waals surface area contributed by atoms with Crippen LogP contribution in [-0.2, 0) is 4.79 Å². The quantitative estimate of drug-likeness (QED) is 0.836. The van der Waals surface area contributed by atoms with Gasteiger partial charge >= 0.3 is 0 Å². The summed E-state index contributed by atoms with van der Waals surface area (Å²) in [6.45, 7) is 2.23. The van der Waals surface area contributed by atoms with E-state index in [0.717, 1.165) is 18.4 Å². The van der Waals surface area contributed by atoms with Gasteiger partial charge in [-0.2, -0.15) is 0 Å². The minimum atomic E-state index is -0.360. The molecular weight excluding hydrogens is 219 g/mol. The van der Waals surface area contributed by atoms with E-state index in [1.54, 1.807) is 12.1 Å². The van der Waals surface area contributed by atoms with Crippen LogP contribution in [0.2, 0.25) is 0 Å². The molecule has 1 atom stereocenters. The molecular formula is C13H17FN2O. The van der Waals surface area contributed by atoms with E-state index in [0.29, 0.717) is 6.54 Å². The Morgan fingerprint density at radius 2 is 2.29 bits per heavy atom. The lowest BCUT2D eigenvalue weighted by Gasteiger charge is -2.18. The van der Waals surface area contributed by atoms with Crippen LogP contribution in [0.15, 0.2) is 24.3 Å². The molecule has 0 bridgehead atoms. The van der Waals surface area contributed by atoms with Crippen LogP contribution in [-0.4, -0.2) is 12.5 Å². The molecule has 1 aromatic rings. The van der Waals surface area contributed by atoms with E-state index in [9.17, 15) is 9.18 Å². The monoisotopic (exact) mass is 236 g/mol. The lowest BCUT2D eigenvalue weighted by molar-refractivity contribution is -0.126. The second-order valence-electron chi connectivity index (χ2n) is 4.73. The van der Waals surface area contributed by atoms with Crippen molar-refractivity contribution in [3.63, 3.8) is 0 Å². The third-order valence-corrected chi connectivity index (χ3v) is 3.42. The third kappa shape index (κ3) is 2.47. The van der Waals surface area contributed by atoms with Crippen molar-refractivity contribution in [2.75, 3.05) is 6.54 Å². The number of amides is 1. The van der Waals surface area contributed by atoms with Crippen LogP contribution in [0.3, 0.4) is 0 Å². The average Bonchev–Trinajstić information content (AvgIpc) is 3.09. The highest BCUT2D eigenvalue weighted by Crippen LogP contribution is 2.45. The van der Waals surface area contributed by atoms with Gasteiger partial charge in [0.1, 0.15) is 5.82 Å². The molecule has 1 aromatic carbocycles. The molecule has 1 saturated carbocycles. The maximum Gasteiger partial charge on any atom is 0.227 e. The van der Waals surface area contributed by atoms with E-state index < -0.39 is 0 Å². The molecule has 1 aliphatic carbocycles. The number of rotatable bonds is 4. The van der Waals surface area contributed by atoms with E-state index in [1.165, 1.54) is 12.1 Å². The standard InChI is InChI=1S/C13H17FN2O/c1-9(10-3-2-4-11(14)7-10)16-12(17)13(8-15)5-6-13/h2-4,7,9H,5-6,8,15H2,1H3,(H,16,17). The summed E-state index contributed by atoms with van der Waals surface area (Å²) in [5.74, 6) is -0.305. The van der Waals surface area contributed by atoms with E-state index in [1.807, 2.05) is 6.92 Å². The first-order valence-corrected chi connectivity index (χ1v) is 5.84. The van der Waals surface area contributed by atoms with Gasteiger partial charge in [0.05, 0.1) is 11.5 Å². The molecule has 17 heavy (non-hydrogen) atoms. The third-order valence-electron chi connectivity index (χ3n) is 3.42. The van der Waals surface area contributed by atoms with Crippen molar-refractivity contribution in [1.29, 1.82) is 0 Å². The summed E-state index contributed by atoms with van der Waals surface area (Å²) >= 11 is 0. The molecule has 92 valence electrons. The summed E-state index contributed by atoms with van der Waals surface area (Å²) < 4.78 is 13.0. The summed E-state index contributed by atoms with van der Waals surface area (Å²) in [6.07, 6.45) is 1.70. The fourth-order valence-electron chi connectivity index (χ4n) is 1.88. The van der Waals surface area contributed by atoms with E-state index in [-0.39, 0.29) is 23.2 Å². The molecule has 1 amide bonds. The molecule has 0 radical (unpaired) electrons. The zero-order chi connectivity index (χ0) is 12.5. The zero-order valence-electron chi connectivity index (χ0n) is 9.87. The predicted octanol–water partition coefficient (Wildman–Crippen LogP) is 1.74. The molecule has 3 nitrogen and oxygen atoms in total. The van der Waals surface area contributed by atoms with Gasteiger partial charge in [0.15, 0.2) is 0 Å². The molecule has 0 heterocycles. The number of hydrogen-bond acceptors (Lipinski definition) is 2. The largest absolute Gasteiger partial charge is 0.349 e. The van der Waals surface area contributed by atoms with Crippen LogP contribution in [0.5, 0.6) is 0 Å². The summed E-state index contributed by atoms with van der Waals surface area (Å²) in [4.78, 5) is 11.9. The molecule has 1 fully saturated rings. The SMILES string of the molecule is CC(NC(=O)C1(CN)CC1)c1cccc(F)c1. The van der Waals surface area contributed by atoms with Gasteiger partial charge in [0.2, 0.25) is 5.91 Å². The number of carbonyl (C=O) groups is 1. The van der Waals surface area contributed by atoms with Crippen molar-refractivity contribution in [2.24, 2.45) is 11.1 Å². The first kappa shape index (κ1) is 12.0. The average molecular weight is 236 g/mol. The number of carbonyl (C=O) groups excluding carboxylic acids is 1. The smallest absolute Gasteiger partial charge is 0.227 e. The van der Waals surface area contributed by atoms with E-state index >= 15 is 0 Å².